The largest absolute Gasteiger partial charge is 0.478 e. The van der Waals surface area contributed by atoms with Crippen LogP contribution in [0.3, 0.4) is 0 Å². The van der Waals surface area contributed by atoms with E-state index >= 15 is 0 Å². The number of carboxylic acid groups (broad SMARTS) is 1. The molecular formula is C41H46N2O9. The number of hydrogen-bond donors (Lipinski definition) is 2. The third kappa shape index (κ3) is 6.06. The van der Waals surface area contributed by atoms with Crippen LogP contribution in [0.2, 0.25) is 0 Å². The quantitative estimate of drug-likeness (QED) is 0.185. The van der Waals surface area contributed by atoms with Crippen molar-refractivity contribution in [2.24, 2.45) is 38.8 Å². The Morgan fingerprint density at radius 2 is 1.83 bits per heavy atom. The lowest BCUT2D eigenvalue weighted by Gasteiger charge is -2.59. The van der Waals surface area contributed by atoms with Gasteiger partial charge in [-0.2, -0.15) is 10.2 Å². The van der Waals surface area contributed by atoms with Gasteiger partial charge in [-0.05, 0) is 98.4 Å². The second-order valence-corrected chi connectivity index (χ2v) is 15.4. The number of benzene rings is 2. The molecule has 9 atom stereocenters. The van der Waals surface area contributed by atoms with Gasteiger partial charge in [0.25, 0.3) is 0 Å². The molecule has 4 fully saturated rings. The van der Waals surface area contributed by atoms with E-state index < -0.39 is 53.5 Å². The van der Waals surface area contributed by atoms with Crippen molar-refractivity contribution in [2.75, 3.05) is 6.61 Å². The van der Waals surface area contributed by atoms with Crippen LogP contribution in [0.5, 0.6) is 0 Å². The number of aliphatic hydroxyl groups excluding tert-OH is 1. The Labute approximate surface area is 303 Å². The standard InChI is InChI=1S/C41H46N2O9/c1-4-7-36-51-34-21-30-29-16-13-26-20-28(44)18-19-39(26,2)37(29)32(45)22-40(30,3)41(34,52-36)33(46)23-50-35(47)17-12-24-8-5-6-9-31(24)43-42-27-14-10-25(11-15-27)38(48)49/h5-6,8-11,14-15,18-20,29-30,32,34,36-37,45H,4,7,12-13,16-17,21-23H2,1-3H3,(H,48,49)/t29-,30-,32-,34+,36?,37+,39-,40-,41+/m0/s1. The lowest BCUT2D eigenvalue weighted by Crippen LogP contribution is -2.63. The van der Waals surface area contributed by atoms with Crippen molar-refractivity contribution >= 4 is 34.9 Å². The van der Waals surface area contributed by atoms with E-state index in [0.717, 1.165) is 30.4 Å². The summed E-state index contributed by atoms with van der Waals surface area (Å²) in [5, 5.41) is 29.6. The number of esters is 1. The zero-order valence-electron chi connectivity index (χ0n) is 29.8. The highest BCUT2D eigenvalue weighted by molar-refractivity contribution is 6.01. The molecule has 5 aliphatic rings. The van der Waals surface area contributed by atoms with E-state index in [4.69, 9.17) is 19.3 Å². The van der Waals surface area contributed by atoms with Gasteiger partial charge in [0.1, 0.15) is 0 Å². The van der Waals surface area contributed by atoms with E-state index in [0.29, 0.717) is 37.1 Å². The van der Waals surface area contributed by atoms with Crippen LogP contribution < -0.4 is 0 Å². The van der Waals surface area contributed by atoms with Gasteiger partial charge in [0.05, 0.1) is 29.1 Å². The van der Waals surface area contributed by atoms with Crippen LogP contribution in [0.25, 0.3) is 0 Å². The maximum absolute atomic E-state index is 14.5. The van der Waals surface area contributed by atoms with Gasteiger partial charge < -0.3 is 24.4 Å². The Morgan fingerprint density at radius 3 is 2.58 bits per heavy atom. The van der Waals surface area contributed by atoms with Crippen LogP contribution in [0.4, 0.5) is 11.4 Å². The van der Waals surface area contributed by atoms with Gasteiger partial charge in [-0.15, -0.1) is 0 Å². The van der Waals surface area contributed by atoms with Gasteiger partial charge in [-0.3, -0.25) is 14.4 Å². The number of carboxylic acids is 1. The van der Waals surface area contributed by atoms with Crippen LogP contribution in [-0.2, 0) is 35.0 Å². The molecule has 0 amide bonds. The van der Waals surface area contributed by atoms with Gasteiger partial charge in [0.15, 0.2) is 24.3 Å². The van der Waals surface area contributed by atoms with E-state index in [1.165, 1.54) is 12.1 Å². The molecule has 0 aromatic heterocycles. The topological polar surface area (TPSA) is 161 Å². The maximum atomic E-state index is 14.5. The lowest BCUT2D eigenvalue weighted by molar-refractivity contribution is -0.201. The summed E-state index contributed by atoms with van der Waals surface area (Å²) in [5.74, 6) is -1.91. The van der Waals surface area contributed by atoms with Gasteiger partial charge in [-0.1, -0.05) is 57.0 Å². The molecule has 52 heavy (non-hydrogen) atoms. The number of ether oxygens (including phenoxy) is 3. The van der Waals surface area contributed by atoms with Gasteiger partial charge in [0.2, 0.25) is 5.78 Å². The number of hydrogen-bond acceptors (Lipinski definition) is 10. The summed E-state index contributed by atoms with van der Waals surface area (Å²) in [4.78, 5) is 51.0. The molecule has 11 nitrogen and oxygen atoms in total. The summed E-state index contributed by atoms with van der Waals surface area (Å²) < 4.78 is 18.8. The summed E-state index contributed by atoms with van der Waals surface area (Å²) >= 11 is 0. The first-order valence-corrected chi connectivity index (χ1v) is 18.4. The summed E-state index contributed by atoms with van der Waals surface area (Å²) in [5.41, 5.74) is 0.455. The summed E-state index contributed by atoms with van der Waals surface area (Å²) in [7, 11) is 0. The molecule has 4 aliphatic carbocycles. The average Bonchev–Trinajstić information content (AvgIpc) is 3.61. The van der Waals surface area contributed by atoms with E-state index in [2.05, 4.69) is 24.1 Å². The van der Waals surface area contributed by atoms with Crippen LogP contribution >= 0.6 is 0 Å². The highest BCUT2D eigenvalue weighted by Crippen LogP contribution is 2.69. The van der Waals surface area contributed by atoms with E-state index in [1.807, 2.05) is 31.2 Å². The fraction of sp³-hybridized carbons (Fsp3) is 0.512. The Morgan fingerprint density at radius 1 is 1.06 bits per heavy atom. The Balaban J connectivity index is 1.05. The molecule has 0 spiro atoms. The molecule has 7 rings (SSSR count). The molecule has 1 saturated heterocycles. The van der Waals surface area contributed by atoms with Gasteiger partial charge in [-0.25, -0.2) is 4.79 Å². The van der Waals surface area contributed by atoms with Gasteiger partial charge >= 0.3 is 11.9 Å². The number of fused-ring (bicyclic) bond motifs is 7. The molecule has 0 bridgehead atoms. The number of carbonyl (C=O) groups is 4. The minimum atomic E-state index is -1.37. The molecule has 2 aromatic rings. The first-order chi connectivity index (χ1) is 24.9. The van der Waals surface area contributed by atoms with Gasteiger partial charge in [0, 0.05) is 23.2 Å². The predicted molar refractivity (Wildman–Crippen MR) is 189 cm³/mol. The second kappa shape index (κ2) is 13.9. The van der Waals surface area contributed by atoms with E-state index in [9.17, 15) is 24.3 Å². The number of rotatable bonds is 11. The highest BCUT2D eigenvalue weighted by Gasteiger charge is 2.75. The molecule has 1 heterocycles. The molecule has 11 heteroatoms. The number of nitrogens with zero attached hydrogens (tertiary/aromatic N) is 2. The molecule has 2 N–H and O–H groups in total. The molecular weight excluding hydrogens is 664 g/mol. The van der Waals surface area contributed by atoms with Crippen molar-refractivity contribution in [2.45, 2.75) is 96.2 Å². The fourth-order valence-electron chi connectivity index (χ4n) is 10.2. The Hall–Kier alpha value is -4.32. The highest BCUT2D eigenvalue weighted by atomic mass is 16.7. The first kappa shape index (κ1) is 36.1. The fourth-order valence-corrected chi connectivity index (χ4v) is 10.2. The lowest BCUT2D eigenvalue weighted by atomic mass is 9.46. The van der Waals surface area contributed by atoms with Crippen LogP contribution in [0.15, 0.2) is 82.6 Å². The van der Waals surface area contributed by atoms with Crippen molar-refractivity contribution in [3.8, 4) is 0 Å². The first-order valence-electron chi connectivity index (χ1n) is 18.4. The number of aromatic carboxylic acids is 1. The number of carbonyl (C=O) groups excluding carboxylic acids is 3. The van der Waals surface area contributed by atoms with Crippen molar-refractivity contribution in [3.05, 3.63) is 83.5 Å². The number of azo groups is 1. The zero-order valence-corrected chi connectivity index (χ0v) is 29.8. The molecule has 1 unspecified atom stereocenters. The monoisotopic (exact) mass is 710 g/mol. The maximum Gasteiger partial charge on any atom is 0.335 e. The molecule has 274 valence electrons. The van der Waals surface area contributed by atoms with Crippen LogP contribution in [0.1, 0.15) is 81.6 Å². The smallest absolute Gasteiger partial charge is 0.335 e. The zero-order chi connectivity index (χ0) is 36.8. The van der Waals surface area contributed by atoms with Crippen LogP contribution in [-0.4, -0.2) is 64.4 Å². The minimum Gasteiger partial charge on any atom is -0.478 e. The molecule has 3 saturated carbocycles. The number of allylic oxidation sites excluding steroid dienone is 4. The predicted octanol–water partition coefficient (Wildman–Crippen LogP) is 7.01. The number of Topliss-reactive ketones (excluding diaryl/α,β-unsaturated/α-hetero) is 1. The second-order valence-electron chi connectivity index (χ2n) is 15.4. The molecule has 1 aliphatic heterocycles. The van der Waals surface area contributed by atoms with Crippen LogP contribution in [0, 0.1) is 28.6 Å². The summed E-state index contributed by atoms with van der Waals surface area (Å²) in [6.45, 7) is 5.74. The SMILES string of the molecule is CCCC1O[C@@H]2C[C@H]3[C@@H]4CCC5=CC(=O)C=C[C@]5(C)[C@H]4[C@@H](O)C[C@]3(C)[C@]2(C(=O)COC(=O)CCc2ccccc2N=Nc2ccc(C(=O)O)cc2)O1. The molecule has 0 radical (unpaired) electrons. The molecule has 2 aromatic carbocycles. The third-order valence-electron chi connectivity index (χ3n) is 12.6. The summed E-state index contributed by atoms with van der Waals surface area (Å²) in [6.07, 6.45) is 7.71. The average molecular weight is 711 g/mol. The van der Waals surface area contributed by atoms with E-state index in [1.54, 1.807) is 30.4 Å². The Kier molecular flexibility index (Phi) is 9.65. The Bertz CT molecular complexity index is 1850. The number of aliphatic hydroxyl groups is 1. The van der Waals surface area contributed by atoms with Crippen molar-refractivity contribution in [1.29, 1.82) is 0 Å². The number of ketones is 2. The number of aryl methyl sites for hydroxylation is 1. The third-order valence-corrected chi connectivity index (χ3v) is 12.6. The van der Waals surface area contributed by atoms with Crippen molar-refractivity contribution in [1.82, 2.24) is 0 Å². The summed E-state index contributed by atoms with van der Waals surface area (Å²) in [6, 6.07) is 13.3. The van der Waals surface area contributed by atoms with E-state index in [-0.39, 0.29) is 41.3 Å². The minimum absolute atomic E-state index is 0.00613. The van der Waals surface area contributed by atoms with Crippen molar-refractivity contribution < 1.29 is 43.6 Å². The van der Waals surface area contributed by atoms with Crippen molar-refractivity contribution in [3.63, 3.8) is 0 Å². The normalized spacial score (nSPS) is 34.6.